The van der Waals surface area contributed by atoms with Crippen molar-refractivity contribution in [3.05, 3.63) is 24.5 Å². The Morgan fingerprint density at radius 2 is 2.16 bits per heavy atom. The molecule has 4 nitrogen and oxygen atoms in total. The summed E-state index contributed by atoms with van der Waals surface area (Å²) in [5, 5.41) is 1.06. The molecule has 1 aromatic carbocycles. The van der Waals surface area contributed by atoms with E-state index in [1.807, 2.05) is 18.2 Å². The van der Waals surface area contributed by atoms with E-state index in [4.69, 9.17) is 5.73 Å². The average molecular weight is 256 g/mol. The zero-order valence-corrected chi connectivity index (χ0v) is 11.3. The summed E-state index contributed by atoms with van der Waals surface area (Å²) in [5.41, 5.74) is 7.63. The first kappa shape index (κ1) is 12.2. The van der Waals surface area contributed by atoms with Crippen LogP contribution in [0.15, 0.2) is 24.5 Å². The molecule has 2 aromatic rings. The van der Waals surface area contributed by atoms with Crippen molar-refractivity contribution in [1.29, 1.82) is 0 Å². The average Bonchev–Trinajstić information content (AvgIpc) is 2.37. The van der Waals surface area contributed by atoms with E-state index in [0.717, 1.165) is 41.4 Å². The maximum atomic E-state index is 5.90. The lowest BCUT2D eigenvalue weighted by atomic mass is 9.85. The van der Waals surface area contributed by atoms with E-state index in [9.17, 15) is 0 Å². The Kier molecular flexibility index (Phi) is 3.23. The quantitative estimate of drug-likeness (QED) is 0.855. The zero-order chi connectivity index (χ0) is 13.2. The van der Waals surface area contributed by atoms with Crippen molar-refractivity contribution in [1.82, 2.24) is 9.97 Å². The number of aromatic nitrogens is 2. The highest BCUT2D eigenvalue weighted by Gasteiger charge is 2.21. The standard InChI is InChI=1S/C15H20N4/c1-2-19(9-11-4-3-5-11)15-13-8-12(16)6-7-14(13)17-10-18-15/h6-8,10-11H,2-5,9,16H2,1H3. The van der Waals surface area contributed by atoms with Gasteiger partial charge in [0.05, 0.1) is 5.52 Å². The van der Waals surface area contributed by atoms with Gasteiger partial charge < -0.3 is 10.6 Å². The van der Waals surface area contributed by atoms with Gasteiger partial charge >= 0.3 is 0 Å². The Morgan fingerprint density at radius 1 is 1.32 bits per heavy atom. The van der Waals surface area contributed by atoms with Gasteiger partial charge in [0.1, 0.15) is 12.1 Å². The molecule has 4 heteroatoms. The summed E-state index contributed by atoms with van der Waals surface area (Å²) in [4.78, 5) is 11.2. The molecule has 3 rings (SSSR count). The van der Waals surface area contributed by atoms with Crippen molar-refractivity contribution in [3.63, 3.8) is 0 Å². The fourth-order valence-corrected chi connectivity index (χ4v) is 2.67. The van der Waals surface area contributed by atoms with Crippen molar-refractivity contribution in [2.45, 2.75) is 26.2 Å². The molecule has 2 N–H and O–H groups in total. The largest absolute Gasteiger partial charge is 0.399 e. The van der Waals surface area contributed by atoms with E-state index in [1.54, 1.807) is 6.33 Å². The van der Waals surface area contributed by atoms with E-state index in [1.165, 1.54) is 19.3 Å². The van der Waals surface area contributed by atoms with Gasteiger partial charge in [-0.3, -0.25) is 0 Å². The summed E-state index contributed by atoms with van der Waals surface area (Å²) in [6.07, 6.45) is 5.72. The number of anilines is 2. The van der Waals surface area contributed by atoms with Gasteiger partial charge in [-0.25, -0.2) is 9.97 Å². The molecule has 1 heterocycles. The van der Waals surface area contributed by atoms with Crippen LogP contribution in [0.3, 0.4) is 0 Å². The van der Waals surface area contributed by atoms with Crippen LogP contribution in [-0.4, -0.2) is 23.1 Å². The second kappa shape index (κ2) is 5.03. The molecule has 0 atom stereocenters. The lowest BCUT2D eigenvalue weighted by Crippen LogP contribution is -2.33. The third-order valence-electron chi connectivity index (χ3n) is 4.02. The summed E-state index contributed by atoms with van der Waals surface area (Å²) in [6, 6.07) is 5.84. The fourth-order valence-electron chi connectivity index (χ4n) is 2.67. The summed E-state index contributed by atoms with van der Waals surface area (Å²) in [5.74, 6) is 1.85. The molecule has 100 valence electrons. The molecule has 1 fully saturated rings. The number of fused-ring (bicyclic) bond motifs is 1. The Morgan fingerprint density at radius 3 is 2.84 bits per heavy atom. The highest BCUT2D eigenvalue weighted by Crippen LogP contribution is 2.30. The first-order valence-corrected chi connectivity index (χ1v) is 7.03. The Hall–Kier alpha value is -1.84. The number of hydrogen-bond donors (Lipinski definition) is 1. The van der Waals surface area contributed by atoms with Crippen molar-refractivity contribution >= 4 is 22.4 Å². The van der Waals surface area contributed by atoms with Gasteiger partial charge in [-0.2, -0.15) is 0 Å². The van der Waals surface area contributed by atoms with E-state index in [0.29, 0.717) is 0 Å². The molecule has 1 saturated carbocycles. The van der Waals surface area contributed by atoms with E-state index >= 15 is 0 Å². The Bertz CT molecular complexity index is 577. The van der Waals surface area contributed by atoms with Crippen LogP contribution in [0.4, 0.5) is 11.5 Å². The highest BCUT2D eigenvalue weighted by atomic mass is 15.2. The molecular formula is C15H20N4. The second-order valence-electron chi connectivity index (χ2n) is 5.31. The molecule has 0 unspecified atom stereocenters. The fraction of sp³-hybridized carbons (Fsp3) is 0.467. The lowest BCUT2D eigenvalue weighted by Gasteiger charge is -2.32. The van der Waals surface area contributed by atoms with Crippen molar-refractivity contribution in [2.24, 2.45) is 5.92 Å². The molecule has 0 saturated heterocycles. The third kappa shape index (κ3) is 2.35. The molecule has 0 bridgehead atoms. The predicted molar refractivity (Wildman–Crippen MR) is 79.2 cm³/mol. The van der Waals surface area contributed by atoms with E-state index < -0.39 is 0 Å². The highest BCUT2D eigenvalue weighted by molar-refractivity contribution is 5.91. The molecule has 1 aromatic heterocycles. The number of benzene rings is 1. The topological polar surface area (TPSA) is 55.0 Å². The number of nitrogen functional groups attached to an aromatic ring is 1. The molecule has 0 aliphatic heterocycles. The maximum absolute atomic E-state index is 5.90. The number of hydrogen-bond acceptors (Lipinski definition) is 4. The van der Waals surface area contributed by atoms with Gasteiger partial charge in [0, 0.05) is 24.2 Å². The minimum atomic E-state index is 0.767. The third-order valence-corrected chi connectivity index (χ3v) is 4.02. The van der Waals surface area contributed by atoms with Gasteiger partial charge in [0.15, 0.2) is 0 Å². The molecule has 19 heavy (non-hydrogen) atoms. The molecule has 1 aliphatic carbocycles. The summed E-state index contributed by atoms with van der Waals surface area (Å²) in [7, 11) is 0. The van der Waals surface area contributed by atoms with Crippen LogP contribution in [0.25, 0.3) is 10.9 Å². The minimum Gasteiger partial charge on any atom is -0.399 e. The van der Waals surface area contributed by atoms with Crippen LogP contribution in [0, 0.1) is 5.92 Å². The Balaban J connectivity index is 1.98. The lowest BCUT2D eigenvalue weighted by molar-refractivity contribution is 0.318. The molecular weight excluding hydrogens is 236 g/mol. The van der Waals surface area contributed by atoms with Gasteiger partial charge in [0.2, 0.25) is 0 Å². The van der Waals surface area contributed by atoms with Crippen molar-refractivity contribution in [2.75, 3.05) is 23.7 Å². The monoisotopic (exact) mass is 256 g/mol. The first-order valence-electron chi connectivity index (χ1n) is 7.03. The van der Waals surface area contributed by atoms with Crippen molar-refractivity contribution in [3.8, 4) is 0 Å². The predicted octanol–water partition coefficient (Wildman–Crippen LogP) is 2.84. The normalized spacial score (nSPS) is 15.4. The summed E-state index contributed by atoms with van der Waals surface area (Å²) in [6.45, 7) is 4.24. The first-order chi connectivity index (χ1) is 9.28. The second-order valence-corrected chi connectivity index (χ2v) is 5.31. The van der Waals surface area contributed by atoms with Crippen LogP contribution in [0.2, 0.25) is 0 Å². The van der Waals surface area contributed by atoms with Crippen LogP contribution in [0.1, 0.15) is 26.2 Å². The van der Waals surface area contributed by atoms with Crippen LogP contribution < -0.4 is 10.6 Å². The van der Waals surface area contributed by atoms with Gasteiger partial charge in [-0.15, -0.1) is 0 Å². The number of nitrogens with zero attached hydrogens (tertiary/aromatic N) is 3. The molecule has 1 aliphatic rings. The van der Waals surface area contributed by atoms with Gasteiger partial charge in [-0.05, 0) is 43.9 Å². The molecule has 0 spiro atoms. The smallest absolute Gasteiger partial charge is 0.139 e. The van der Waals surface area contributed by atoms with E-state index in [-0.39, 0.29) is 0 Å². The minimum absolute atomic E-state index is 0.767. The molecule has 0 radical (unpaired) electrons. The SMILES string of the molecule is CCN(CC1CCC1)c1ncnc2ccc(N)cc12. The maximum Gasteiger partial charge on any atom is 0.139 e. The van der Waals surface area contributed by atoms with Crippen LogP contribution in [0.5, 0.6) is 0 Å². The molecule has 0 amide bonds. The van der Waals surface area contributed by atoms with Crippen LogP contribution in [-0.2, 0) is 0 Å². The number of nitrogens with two attached hydrogens (primary N) is 1. The van der Waals surface area contributed by atoms with Gasteiger partial charge in [0.25, 0.3) is 0 Å². The van der Waals surface area contributed by atoms with Crippen LogP contribution >= 0.6 is 0 Å². The van der Waals surface area contributed by atoms with Crippen molar-refractivity contribution < 1.29 is 0 Å². The number of rotatable bonds is 4. The Labute approximate surface area is 113 Å². The van der Waals surface area contributed by atoms with E-state index in [2.05, 4.69) is 21.8 Å². The summed E-state index contributed by atoms with van der Waals surface area (Å²) >= 11 is 0. The zero-order valence-electron chi connectivity index (χ0n) is 11.3. The summed E-state index contributed by atoms with van der Waals surface area (Å²) < 4.78 is 0. The van der Waals surface area contributed by atoms with Gasteiger partial charge in [-0.1, -0.05) is 6.42 Å².